The van der Waals surface area contributed by atoms with Gasteiger partial charge in [0, 0.05) is 22.2 Å². The molecule has 0 bridgehead atoms. The van der Waals surface area contributed by atoms with Gasteiger partial charge in [0.25, 0.3) is 0 Å². The summed E-state index contributed by atoms with van der Waals surface area (Å²) in [5.74, 6) is 0. The lowest BCUT2D eigenvalue weighted by atomic mass is 9.71. The van der Waals surface area contributed by atoms with Gasteiger partial charge in [0.1, 0.15) is 0 Å². The summed E-state index contributed by atoms with van der Waals surface area (Å²) in [6.07, 6.45) is 0. The van der Waals surface area contributed by atoms with Gasteiger partial charge in [-0.05, 0) is 94.0 Å². The normalized spacial score (nSPS) is 15.7. The second-order valence-electron chi connectivity index (χ2n) is 18.0. The Morgan fingerprint density at radius 2 is 0.673 bits per heavy atom. The lowest BCUT2D eigenvalue weighted by Crippen LogP contribution is -2.40. The van der Waals surface area contributed by atoms with Crippen molar-refractivity contribution in [2.45, 2.75) is 77.8 Å². The molecule has 0 aromatic heterocycles. The second-order valence-corrected chi connectivity index (χ2v) is 28.2. The van der Waals surface area contributed by atoms with Crippen LogP contribution in [0.15, 0.2) is 133 Å². The predicted octanol–water partition coefficient (Wildman–Crippen LogP) is 12.7. The molecule has 2 nitrogen and oxygen atoms in total. The molecule has 6 aromatic rings. The van der Waals surface area contributed by atoms with Crippen molar-refractivity contribution in [3.63, 3.8) is 0 Å². The fourth-order valence-corrected chi connectivity index (χ4v) is 10.8. The van der Waals surface area contributed by atoms with Crippen LogP contribution in [0.1, 0.15) is 49.9 Å². The van der Waals surface area contributed by atoms with Crippen LogP contribution in [-0.2, 0) is 10.8 Å². The summed E-state index contributed by atoms with van der Waals surface area (Å²) in [7, 11) is -3.06. The van der Waals surface area contributed by atoms with E-state index in [4.69, 9.17) is 0 Å². The maximum atomic E-state index is 2.53. The number of rotatable bonds is 5. The summed E-state index contributed by atoms with van der Waals surface area (Å²) in [6.45, 7) is 24.4. The van der Waals surface area contributed by atoms with Crippen molar-refractivity contribution in [2.24, 2.45) is 0 Å². The first-order valence-corrected chi connectivity index (χ1v) is 25.9. The molecule has 52 heavy (non-hydrogen) atoms. The Balaban J connectivity index is 1.31. The number of hydrogen-bond acceptors (Lipinski definition) is 2. The van der Waals surface area contributed by atoms with Crippen molar-refractivity contribution in [3.05, 3.63) is 156 Å². The fourth-order valence-electron chi connectivity index (χ4n) is 8.48. The van der Waals surface area contributed by atoms with Gasteiger partial charge in [-0.2, -0.15) is 0 Å². The van der Waals surface area contributed by atoms with Crippen LogP contribution in [0.2, 0.25) is 39.3 Å². The summed E-state index contributed by atoms with van der Waals surface area (Å²) in [4.78, 5) is 4.96. The van der Waals surface area contributed by atoms with E-state index < -0.39 is 16.1 Å². The third-order valence-electron chi connectivity index (χ3n) is 11.7. The molecule has 0 unspecified atom stereocenters. The number of fused-ring (bicyclic) bond motifs is 4. The van der Waals surface area contributed by atoms with E-state index in [1.54, 1.807) is 0 Å². The van der Waals surface area contributed by atoms with Crippen molar-refractivity contribution in [1.82, 2.24) is 0 Å². The van der Waals surface area contributed by atoms with E-state index in [-0.39, 0.29) is 10.8 Å². The van der Waals surface area contributed by atoms with Crippen LogP contribution in [0.4, 0.5) is 34.1 Å². The fraction of sp³-hybridized carbons (Fsp3) is 0.250. The van der Waals surface area contributed by atoms with Gasteiger partial charge in [0.2, 0.25) is 0 Å². The molecule has 0 spiro atoms. The van der Waals surface area contributed by atoms with E-state index in [0.29, 0.717) is 0 Å². The Labute approximate surface area is 313 Å². The smallest absolute Gasteiger partial charge is 0.0776 e. The number of para-hydroxylation sites is 2. The van der Waals surface area contributed by atoms with Crippen molar-refractivity contribution in [1.29, 1.82) is 0 Å². The van der Waals surface area contributed by atoms with Gasteiger partial charge in [-0.3, -0.25) is 0 Å². The number of hydrogen-bond donors (Lipinski definition) is 0. The van der Waals surface area contributed by atoms with Crippen molar-refractivity contribution in [2.75, 3.05) is 9.80 Å². The van der Waals surface area contributed by atoms with Crippen LogP contribution >= 0.6 is 0 Å². The molecule has 262 valence electrons. The maximum Gasteiger partial charge on any atom is 0.0776 e. The molecule has 6 aromatic carbocycles. The van der Waals surface area contributed by atoms with Gasteiger partial charge in [0.15, 0.2) is 0 Å². The molecule has 0 aliphatic carbocycles. The van der Waals surface area contributed by atoms with Crippen LogP contribution in [0.5, 0.6) is 0 Å². The average molecular weight is 713 g/mol. The molecular formula is C48H52N2Si2. The quantitative estimate of drug-likeness (QED) is 0.164. The number of benzene rings is 6. The van der Waals surface area contributed by atoms with Gasteiger partial charge in [0.05, 0.1) is 38.9 Å². The highest BCUT2D eigenvalue weighted by Gasteiger charge is 2.40. The van der Waals surface area contributed by atoms with E-state index >= 15 is 0 Å². The van der Waals surface area contributed by atoms with Crippen LogP contribution in [-0.4, -0.2) is 16.1 Å². The van der Waals surface area contributed by atoms with Gasteiger partial charge >= 0.3 is 0 Å². The Kier molecular flexibility index (Phi) is 7.91. The zero-order valence-corrected chi connectivity index (χ0v) is 34.6. The highest BCUT2D eigenvalue weighted by atomic mass is 28.3. The van der Waals surface area contributed by atoms with Gasteiger partial charge in [-0.15, -0.1) is 0 Å². The molecule has 0 radical (unpaired) electrons. The lowest BCUT2D eigenvalue weighted by molar-refractivity contribution is 0.631. The molecule has 0 saturated heterocycles. The third-order valence-corrected chi connectivity index (χ3v) is 15.8. The minimum absolute atomic E-state index is 0.175. The minimum atomic E-state index is -1.53. The molecule has 0 N–H and O–H groups in total. The summed E-state index contributed by atoms with van der Waals surface area (Å²) < 4.78 is 0. The van der Waals surface area contributed by atoms with Gasteiger partial charge < -0.3 is 9.80 Å². The third kappa shape index (κ3) is 5.50. The highest BCUT2D eigenvalue weighted by Crippen LogP contribution is 2.55. The van der Waals surface area contributed by atoms with E-state index in [1.165, 1.54) is 77.9 Å². The van der Waals surface area contributed by atoms with E-state index in [9.17, 15) is 0 Å². The molecule has 0 amide bonds. The maximum absolute atomic E-state index is 2.53. The van der Waals surface area contributed by atoms with E-state index in [1.807, 2.05) is 0 Å². The second kappa shape index (κ2) is 11.9. The first kappa shape index (κ1) is 34.4. The summed E-state index contributed by atoms with van der Waals surface area (Å²) >= 11 is 0. The number of nitrogens with zero attached hydrogens (tertiary/aromatic N) is 2. The molecule has 2 aliphatic heterocycles. The van der Waals surface area contributed by atoms with Crippen molar-refractivity contribution >= 4 is 60.6 Å². The summed E-state index contributed by atoms with van der Waals surface area (Å²) in [6, 6.07) is 50.7. The van der Waals surface area contributed by atoms with E-state index in [0.717, 1.165) is 0 Å². The first-order valence-electron chi connectivity index (χ1n) is 18.9. The summed E-state index contributed by atoms with van der Waals surface area (Å²) in [5.41, 5.74) is 15.2. The largest absolute Gasteiger partial charge is 0.310 e. The number of anilines is 6. The Hall–Kier alpha value is -4.65. The van der Waals surface area contributed by atoms with Crippen LogP contribution in [0.3, 0.4) is 0 Å². The van der Waals surface area contributed by atoms with E-state index in [2.05, 4.69) is 210 Å². The predicted molar refractivity (Wildman–Crippen MR) is 231 cm³/mol. The van der Waals surface area contributed by atoms with Gasteiger partial charge in [-0.25, -0.2) is 0 Å². The molecule has 8 rings (SSSR count). The first-order chi connectivity index (χ1) is 24.6. The highest BCUT2D eigenvalue weighted by molar-refractivity contribution is 6.89. The minimum Gasteiger partial charge on any atom is -0.310 e. The van der Waals surface area contributed by atoms with Crippen molar-refractivity contribution in [3.8, 4) is 11.1 Å². The van der Waals surface area contributed by atoms with Crippen LogP contribution < -0.4 is 20.2 Å². The molecular weight excluding hydrogens is 661 g/mol. The average Bonchev–Trinajstić information content (AvgIpc) is 3.11. The van der Waals surface area contributed by atoms with Crippen LogP contribution in [0, 0.1) is 0 Å². The summed E-state index contributed by atoms with van der Waals surface area (Å²) in [5, 5.41) is 3.01. The Bertz CT molecular complexity index is 2160. The standard InChI is InChI=1S/C48H52N2Si2/c1-47(2)39-29-33(21-25-43(39)49(35-17-13-11-14-18-35)45-27-23-37(31-41(45)47)51(5,6)7)34-22-26-44-40(30-34)48(3,4)42-32-38(52(8,9)10)24-28-46(42)50(44)36-19-15-12-16-20-36/h11-32H,1-10H3. The zero-order valence-electron chi connectivity index (χ0n) is 32.6. The molecule has 2 heterocycles. The molecule has 4 heteroatoms. The van der Waals surface area contributed by atoms with Crippen molar-refractivity contribution < 1.29 is 0 Å². The lowest BCUT2D eigenvalue weighted by Gasteiger charge is -2.43. The SMILES string of the molecule is CC1(C)c2cc(-c3ccc4c(c3)C(C)(C)c3cc([Si](C)(C)C)ccc3N4c3ccccc3)ccc2N(c2ccccc2)c2ccc([Si](C)(C)C)cc21. The van der Waals surface area contributed by atoms with Gasteiger partial charge in [-0.1, -0.05) is 150 Å². The Morgan fingerprint density at radius 3 is 1.00 bits per heavy atom. The molecule has 0 saturated carbocycles. The molecule has 2 aliphatic rings. The molecule has 0 fully saturated rings. The van der Waals surface area contributed by atoms with Crippen LogP contribution in [0.25, 0.3) is 11.1 Å². The molecule has 0 atom stereocenters. The topological polar surface area (TPSA) is 6.48 Å². The Morgan fingerprint density at radius 1 is 0.365 bits per heavy atom. The zero-order chi connectivity index (χ0) is 36.8. The monoisotopic (exact) mass is 712 g/mol.